The monoisotopic (exact) mass is 392 g/mol. The molecular formula is C17H14BrClN2O2. The van der Waals surface area contributed by atoms with Crippen LogP contribution in [0, 0.1) is 0 Å². The molecule has 6 heteroatoms. The highest BCUT2D eigenvalue weighted by Gasteiger charge is 2.15. The Morgan fingerprint density at radius 3 is 2.70 bits per heavy atom. The Balaban J connectivity index is 1.87. The van der Waals surface area contributed by atoms with Gasteiger partial charge in [0.15, 0.2) is 0 Å². The molecule has 0 saturated heterocycles. The number of carbonyl (C=O) groups excluding carboxylic acids is 1. The zero-order chi connectivity index (χ0) is 16.4. The van der Waals surface area contributed by atoms with Crippen molar-refractivity contribution < 1.29 is 9.53 Å². The van der Waals surface area contributed by atoms with Gasteiger partial charge in [-0.1, -0.05) is 39.7 Å². The standard InChI is InChI=1S/C17H14BrClN2O2/c1-23-17(22)13-8-11(18)9-14-16(13)21-15(20-14)7-4-10-2-5-12(19)6-3-10/h2-3,5-6,8-9H,4,7H2,1H3,(H,20,21). The van der Waals surface area contributed by atoms with Gasteiger partial charge in [-0.2, -0.15) is 0 Å². The van der Waals surface area contributed by atoms with E-state index < -0.39 is 5.97 Å². The number of H-pyrrole nitrogens is 1. The second-order valence-corrected chi connectivity index (χ2v) is 6.50. The number of aromatic amines is 1. The van der Waals surface area contributed by atoms with E-state index in [1.165, 1.54) is 12.7 Å². The average Bonchev–Trinajstić information content (AvgIpc) is 2.95. The van der Waals surface area contributed by atoms with Gasteiger partial charge in [-0.3, -0.25) is 0 Å². The SMILES string of the molecule is COC(=O)c1cc(Br)cc2[nH]c(CCc3ccc(Cl)cc3)nc12. The summed E-state index contributed by atoms with van der Waals surface area (Å²) in [5, 5.41) is 0.727. The molecular weight excluding hydrogens is 380 g/mol. The Morgan fingerprint density at radius 1 is 1.26 bits per heavy atom. The van der Waals surface area contributed by atoms with E-state index in [9.17, 15) is 4.79 Å². The van der Waals surface area contributed by atoms with E-state index in [1.54, 1.807) is 6.07 Å². The van der Waals surface area contributed by atoms with Crippen molar-refractivity contribution in [1.82, 2.24) is 9.97 Å². The van der Waals surface area contributed by atoms with E-state index in [1.807, 2.05) is 30.3 Å². The van der Waals surface area contributed by atoms with Crippen LogP contribution in [0.2, 0.25) is 5.02 Å². The van der Waals surface area contributed by atoms with Crippen LogP contribution < -0.4 is 0 Å². The highest BCUT2D eigenvalue weighted by molar-refractivity contribution is 9.10. The fourth-order valence-corrected chi connectivity index (χ4v) is 3.01. The third kappa shape index (κ3) is 3.57. The van der Waals surface area contributed by atoms with Gasteiger partial charge in [-0.15, -0.1) is 0 Å². The smallest absolute Gasteiger partial charge is 0.340 e. The minimum Gasteiger partial charge on any atom is -0.465 e. The lowest BCUT2D eigenvalue weighted by Gasteiger charge is -2.00. The van der Waals surface area contributed by atoms with Crippen molar-refractivity contribution in [2.75, 3.05) is 7.11 Å². The molecule has 4 nitrogen and oxygen atoms in total. The second-order valence-electron chi connectivity index (χ2n) is 5.15. The van der Waals surface area contributed by atoms with Gasteiger partial charge in [0.05, 0.1) is 18.2 Å². The van der Waals surface area contributed by atoms with Crippen molar-refractivity contribution in [1.29, 1.82) is 0 Å². The van der Waals surface area contributed by atoms with Crippen LogP contribution in [0.3, 0.4) is 0 Å². The van der Waals surface area contributed by atoms with Crippen molar-refractivity contribution >= 4 is 44.5 Å². The zero-order valence-electron chi connectivity index (χ0n) is 12.4. The first-order valence-electron chi connectivity index (χ1n) is 7.07. The van der Waals surface area contributed by atoms with Gasteiger partial charge in [0, 0.05) is 15.9 Å². The van der Waals surface area contributed by atoms with Crippen LogP contribution >= 0.6 is 27.5 Å². The van der Waals surface area contributed by atoms with E-state index in [0.29, 0.717) is 11.1 Å². The molecule has 1 N–H and O–H groups in total. The maximum atomic E-state index is 11.9. The quantitative estimate of drug-likeness (QED) is 0.662. The van der Waals surface area contributed by atoms with Gasteiger partial charge < -0.3 is 9.72 Å². The van der Waals surface area contributed by atoms with Gasteiger partial charge in [0.25, 0.3) is 0 Å². The summed E-state index contributed by atoms with van der Waals surface area (Å²) >= 11 is 9.30. The number of imidazole rings is 1. The van der Waals surface area contributed by atoms with Gasteiger partial charge >= 0.3 is 5.97 Å². The summed E-state index contributed by atoms with van der Waals surface area (Å²) in [6.45, 7) is 0. The molecule has 2 aromatic carbocycles. The minimum absolute atomic E-state index is 0.396. The topological polar surface area (TPSA) is 55.0 Å². The van der Waals surface area contributed by atoms with Crippen molar-refractivity contribution in [3.63, 3.8) is 0 Å². The molecule has 0 aliphatic carbocycles. The Labute approximate surface area is 147 Å². The van der Waals surface area contributed by atoms with Crippen molar-refractivity contribution in [3.05, 3.63) is 62.8 Å². The average molecular weight is 394 g/mol. The molecule has 1 heterocycles. The fraction of sp³-hybridized carbons (Fsp3) is 0.176. The van der Waals surface area contributed by atoms with Crippen LogP contribution in [0.5, 0.6) is 0 Å². The molecule has 0 aliphatic heterocycles. The van der Waals surface area contributed by atoms with Gasteiger partial charge in [-0.25, -0.2) is 9.78 Å². The van der Waals surface area contributed by atoms with Crippen molar-refractivity contribution in [3.8, 4) is 0 Å². The molecule has 0 bridgehead atoms. The van der Waals surface area contributed by atoms with Gasteiger partial charge in [0.1, 0.15) is 11.3 Å². The van der Waals surface area contributed by atoms with E-state index in [4.69, 9.17) is 16.3 Å². The number of methoxy groups -OCH3 is 1. The second kappa shape index (κ2) is 6.72. The van der Waals surface area contributed by atoms with E-state index >= 15 is 0 Å². The molecule has 23 heavy (non-hydrogen) atoms. The molecule has 0 fully saturated rings. The highest BCUT2D eigenvalue weighted by atomic mass is 79.9. The number of hydrogen-bond acceptors (Lipinski definition) is 3. The number of carbonyl (C=O) groups is 1. The highest BCUT2D eigenvalue weighted by Crippen LogP contribution is 2.24. The molecule has 3 rings (SSSR count). The first-order valence-corrected chi connectivity index (χ1v) is 8.25. The van der Waals surface area contributed by atoms with Crippen molar-refractivity contribution in [2.24, 2.45) is 0 Å². The maximum absolute atomic E-state index is 11.9. The molecule has 0 amide bonds. The Morgan fingerprint density at radius 2 is 2.00 bits per heavy atom. The number of esters is 1. The number of nitrogens with zero attached hydrogens (tertiary/aromatic N) is 1. The molecule has 0 aliphatic rings. The number of benzene rings is 2. The molecule has 0 saturated carbocycles. The Hall–Kier alpha value is -1.85. The number of aromatic nitrogens is 2. The molecule has 118 valence electrons. The summed E-state index contributed by atoms with van der Waals surface area (Å²) < 4.78 is 5.63. The molecule has 0 unspecified atom stereocenters. The summed E-state index contributed by atoms with van der Waals surface area (Å²) in [4.78, 5) is 19.7. The van der Waals surface area contributed by atoms with Crippen LogP contribution in [-0.4, -0.2) is 23.0 Å². The lowest BCUT2D eigenvalue weighted by Crippen LogP contribution is -2.02. The number of fused-ring (bicyclic) bond motifs is 1. The third-order valence-electron chi connectivity index (χ3n) is 3.57. The van der Waals surface area contributed by atoms with E-state index in [2.05, 4.69) is 25.9 Å². The largest absolute Gasteiger partial charge is 0.465 e. The summed E-state index contributed by atoms with van der Waals surface area (Å²) in [5.74, 6) is 0.435. The summed E-state index contributed by atoms with van der Waals surface area (Å²) in [5.41, 5.74) is 3.08. The molecule has 1 aromatic heterocycles. The van der Waals surface area contributed by atoms with Gasteiger partial charge in [0.2, 0.25) is 0 Å². The molecule has 0 atom stereocenters. The van der Waals surface area contributed by atoms with Gasteiger partial charge in [-0.05, 0) is 36.2 Å². The number of nitrogens with one attached hydrogen (secondary N) is 1. The van der Waals surface area contributed by atoms with Crippen LogP contribution in [0.1, 0.15) is 21.7 Å². The molecule has 0 spiro atoms. The minimum atomic E-state index is -0.396. The predicted octanol–water partition coefficient (Wildman–Crippen LogP) is 4.55. The number of hydrogen-bond donors (Lipinski definition) is 1. The lowest BCUT2D eigenvalue weighted by molar-refractivity contribution is 0.0602. The predicted molar refractivity (Wildman–Crippen MR) is 94.0 cm³/mol. The van der Waals surface area contributed by atoms with Crippen molar-refractivity contribution in [2.45, 2.75) is 12.8 Å². The Kier molecular flexibility index (Phi) is 4.68. The van der Waals surface area contributed by atoms with E-state index in [-0.39, 0.29) is 0 Å². The number of rotatable bonds is 4. The summed E-state index contributed by atoms with van der Waals surface area (Å²) in [6.07, 6.45) is 1.58. The lowest BCUT2D eigenvalue weighted by atomic mass is 10.1. The number of halogens is 2. The number of ether oxygens (including phenoxy) is 1. The van der Waals surface area contributed by atoms with E-state index in [0.717, 1.165) is 33.7 Å². The van der Waals surface area contributed by atoms with Crippen LogP contribution in [0.4, 0.5) is 0 Å². The van der Waals surface area contributed by atoms with Crippen LogP contribution in [-0.2, 0) is 17.6 Å². The molecule has 3 aromatic rings. The summed E-state index contributed by atoms with van der Waals surface area (Å²) in [6, 6.07) is 11.4. The van der Waals surface area contributed by atoms with Crippen LogP contribution in [0.15, 0.2) is 40.9 Å². The Bertz CT molecular complexity index is 859. The maximum Gasteiger partial charge on any atom is 0.340 e. The third-order valence-corrected chi connectivity index (χ3v) is 4.28. The first kappa shape index (κ1) is 16.0. The molecule has 0 radical (unpaired) electrons. The number of aryl methyl sites for hydroxylation is 2. The normalized spacial score (nSPS) is 10.9. The first-order chi connectivity index (χ1) is 11.1. The zero-order valence-corrected chi connectivity index (χ0v) is 14.7. The summed E-state index contributed by atoms with van der Waals surface area (Å²) in [7, 11) is 1.36. The van der Waals surface area contributed by atoms with Crippen LogP contribution in [0.25, 0.3) is 11.0 Å². The fourth-order valence-electron chi connectivity index (χ4n) is 2.43.